The van der Waals surface area contributed by atoms with Crippen LogP contribution < -0.4 is 5.32 Å². The number of aromatic amines is 1. The molecule has 10 nitrogen and oxygen atoms in total. The highest BCUT2D eigenvalue weighted by molar-refractivity contribution is 8.02. The minimum absolute atomic E-state index is 0.148. The fourth-order valence-electron chi connectivity index (χ4n) is 4.38. The van der Waals surface area contributed by atoms with Gasteiger partial charge in [0.05, 0.1) is 6.20 Å². The molecule has 0 spiro atoms. The van der Waals surface area contributed by atoms with E-state index >= 15 is 0 Å². The van der Waals surface area contributed by atoms with Crippen molar-refractivity contribution in [2.24, 2.45) is 0 Å². The van der Waals surface area contributed by atoms with Crippen LogP contribution in [0.25, 0.3) is 0 Å². The van der Waals surface area contributed by atoms with E-state index < -0.39 is 41.1 Å². The summed E-state index contributed by atoms with van der Waals surface area (Å²) >= 11 is 2.77. The monoisotopic (exact) mass is 591 g/mol. The number of esters is 1. The number of hydrogen-bond acceptors (Lipinski definition) is 9. The molecule has 2 aliphatic heterocycles. The Kier molecular flexibility index (Phi) is 8.50. The van der Waals surface area contributed by atoms with Gasteiger partial charge in [-0.05, 0) is 49.0 Å². The van der Waals surface area contributed by atoms with Crippen LogP contribution in [0.1, 0.15) is 38.0 Å². The van der Waals surface area contributed by atoms with E-state index in [2.05, 4.69) is 20.7 Å². The molecule has 5 rings (SSSR count). The first-order valence-corrected chi connectivity index (χ1v) is 14.8. The number of benzene rings is 2. The lowest BCUT2D eigenvalue weighted by Crippen LogP contribution is -2.70. The van der Waals surface area contributed by atoms with E-state index in [4.69, 9.17) is 9.47 Å². The number of nitrogens with zero attached hydrogens (tertiary/aromatic N) is 3. The molecule has 1 fully saturated rings. The Bertz CT molecular complexity index is 1420. The van der Waals surface area contributed by atoms with Crippen LogP contribution in [0, 0.1) is 0 Å². The van der Waals surface area contributed by atoms with Crippen LogP contribution in [0.15, 0.2) is 94.6 Å². The number of carbonyl (C=O) groups is 3. The molecule has 0 bridgehead atoms. The molecule has 1 saturated heterocycles. The van der Waals surface area contributed by atoms with Crippen LogP contribution in [-0.2, 0) is 19.1 Å². The lowest BCUT2D eigenvalue weighted by Gasteiger charge is -2.49. The molecule has 2 aliphatic rings. The van der Waals surface area contributed by atoms with E-state index in [9.17, 15) is 14.4 Å². The number of hydrogen-bond donors (Lipinski definition) is 2. The zero-order valence-electron chi connectivity index (χ0n) is 22.6. The number of H-pyrrole nitrogens is 1. The number of nitrogens with one attached hydrogen (secondary N) is 2. The predicted octanol–water partition coefficient (Wildman–Crippen LogP) is 4.81. The maximum Gasteiger partial charge on any atom is 0.408 e. The number of carbonyl (C=O) groups excluding carboxylic acids is 3. The van der Waals surface area contributed by atoms with Gasteiger partial charge in [0.2, 0.25) is 0 Å². The first kappa shape index (κ1) is 28.5. The van der Waals surface area contributed by atoms with Gasteiger partial charge in [-0.1, -0.05) is 72.4 Å². The molecule has 0 unspecified atom stereocenters. The molecule has 0 aliphatic carbocycles. The lowest BCUT2D eigenvalue weighted by atomic mass is 10.0. The zero-order valence-corrected chi connectivity index (χ0v) is 24.3. The van der Waals surface area contributed by atoms with Crippen molar-refractivity contribution in [3.63, 3.8) is 0 Å². The Balaban J connectivity index is 1.44. The average Bonchev–Trinajstić information content (AvgIpc) is 3.48. The Morgan fingerprint density at radius 3 is 2.37 bits per heavy atom. The summed E-state index contributed by atoms with van der Waals surface area (Å²) in [5, 5.41) is 15.0. The highest BCUT2D eigenvalue weighted by atomic mass is 32.2. The standard InChI is InChI=1S/C29H29N5O5S2/c1-29(2,3)39-28(37)31-22-25(35)34-23(20(17-41-26(22)34)14-15-40-21-16-30-33-32-21)27(36)38-24(18-10-6-4-7-11-18)19-12-8-5-9-13-19/h4-16,22,24,26H,17H2,1-3H3,(H,31,37)(H,30,32,33)/t22-,26-/m1/s1. The van der Waals surface area contributed by atoms with Crippen molar-refractivity contribution in [1.29, 1.82) is 0 Å². The van der Waals surface area contributed by atoms with Crippen LogP contribution >= 0.6 is 23.5 Å². The average molecular weight is 592 g/mol. The lowest BCUT2D eigenvalue weighted by molar-refractivity contribution is -0.153. The molecule has 12 heteroatoms. The second kappa shape index (κ2) is 12.2. The summed E-state index contributed by atoms with van der Waals surface area (Å²) < 4.78 is 11.5. The number of allylic oxidation sites excluding steroid dienone is 1. The Labute approximate surface area is 245 Å². The summed E-state index contributed by atoms with van der Waals surface area (Å²) in [6.45, 7) is 5.25. The number of rotatable bonds is 8. The summed E-state index contributed by atoms with van der Waals surface area (Å²) in [6, 6.07) is 18.1. The predicted molar refractivity (Wildman–Crippen MR) is 155 cm³/mol. The van der Waals surface area contributed by atoms with E-state index in [1.807, 2.05) is 60.7 Å². The van der Waals surface area contributed by atoms with Crippen molar-refractivity contribution in [2.75, 3.05) is 5.75 Å². The topological polar surface area (TPSA) is 127 Å². The van der Waals surface area contributed by atoms with Gasteiger partial charge in [0, 0.05) is 5.75 Å². The molecule has 0 saturated carbocycles. The minimum Gasteiger partial charge on any atom is -0.448 e. The Morgan fingerprint density at radius 2 is 1.78 bits per heavy atom. The summed E-state index contributed by atoms with van der Waals surface area (Å²) in [7, 11) is 0. The molecule has 212 valence electrons. The van der Waals surface area contributed by atoms with Crippen molar-refractivity contribution in [3.05, 3.63) is 101 Å². The first-order valence-electron chi connectivity index (χ1n) is 12.9. The molecular formula is C29H29N5O5S2. The van der Waals surface area contributed by atoms with Gasteiger partial charge >= 0.3 is 12.1 Å². The molecule has 41 heavy (non-hydrogen) atoms. The molecule has 2 amide bonds. The molecule has 3 heterocycles. The number of fused-ring (bicyclic) bond motifs is 1. The van der Waals surface area contributed by atoms with Crippen molar-refractivity contribution in [2.45, 2.75) is 48.9 Å². The van der Waals surface area contributed by atoms with Crippen molar-refractivity contribution < 1.29 is 23.9 Å². The highest BCUT2D eigenvalue weighted by Gasteiger charge is 2.54. The van der Waals surface area contributed by atoms with E-state index in [1.54, 1.807) is 38.5 Å². The molecule has 3 aromatic rings. The Morgan fingerprint density at radius 1 is 1.12 bits per heavy atom. The van der Waals surface area contributed by atoms with Crippen molar-refractivity contribution >= 4 is 41.5 Å². The van der Waals surface area contributed by atoms with Gasteiger partial charge in [-0.15, -0.1) is 16.9 Å². The second-order valence-corrected chi connectivity index (χ2v) is 12.3. The number of ether oxygens (including phenoxy) is 2. The van der Waals surface area contributed by atoms with Gasteiger partial charge < -0.3 is 14.8 Å². The van der Waals surface area contributed by atoms with Crippen molar-refractivity contribution in [1.82, 2.24) is 25.6 Å². The van der Waals surface area contributed by atoms with Crippen LogP contribution in [0.4, 0.5) is 4.79 Å². The van der Waals surface area contributed by atoms with E-state index in [0.717, 1.165) is 11.1 Å². The molecular weight excluding hydrogens is 562 g/mol. The van der Waals surface area contributed by atoms with Gasteiger partial charge in [-0.3, -0.25) is 9.69 Å². The number of alkyl carbamates (subject to hydrolysis) is 1. The summed E-state index contributed by atoms with van der Waals surface area (Å²) in [5.74, 6) is -0.628. The summed E-state index contributed by atoms with van der Waals surface area (Å²) in [5.41, 5.74) is 1.65. The maximum atomic E-state index is 13.9. The number of β-lactam (4-membered cyclic amide) rings is 1. The normalized spacial score (nSPS) is 18.7. The summed E-state index contributed by atoms with van der Waals surface area (Å²) in [6.07, 6.45) is 1.99. The van der Waals surface area contributed by atoms with Gasteiger partial charge in [0.25, 0.3) is 5.91 Å². The summed E-state index contributed by atoms with van der Waals surface area (Å²) in [4.78, 5) is 41.2. The SMILES string of the molecule is CC(C)(C)OC(=O)N[C@@H]1C(=O)N2C(C(=O)OC(c3ccccc3)c3ccccc3)=C(C=CSc3cn[nH]n3)CS[C@H]12. The molecule has 1 aromatic heterocycles. The van der Waals surface area contributed by atoms with Gasteiger partial charge in [-0.25, -0.2) is 9.59 Å². The fourth-order valence-corrected chi connectivity index (χ4v) is 6.27. The van der Waals surface area contributed by atoms with Crippen LogP contribution in [-0.4, -0.2) is 61.1 Å². The van der Waals surface area contributed by atoms with E-state index in [-0.39, 0.29) is 5.70 Å². The van der Waals surface area contributed by atoms with Gasteiger partial charge in [0.15, 0.2) is 6.10 Å². The molecule has 2 aromatic carbocycles. The molecule has 2 N–H and O–H groups in total. The van der Waals surface area contributed by atoms with Crippen molar-refractivity contribution in [3.8, 4) is 0 Å². The Hall–Kier alpha value is -4.03. The van der Waals surface area contributed by atoms with Crippen LogP contribution in [0.3, 0.4) is 0 Å². The van der Waals surface area contributed by atoms with Crippen LogP contribution in [0.5, 0.6) is 0 Å². The van der Waals surface area contributed by atoms with Gasteiger partial charge in [-0.2, -0.15) is 10.3 Å². The van der Waals surface area contributed by atoms with Gasteiger partial charge in [0.1, 0.15) is 27.7 Å². The first-order chi connectivity index (χ1) is 19.7. The van der Waals surface area contributed by atoms with E-state index in [1.165, 1.54) is 28.4 Å². The third-order valence-electron chi connectivity index (χ3n) is 6.14. The largest absolute Gasteiger partial charge is 0.448 e. The maximum absolute atomic E-state index is 13.9. The zero-order chi connectivity index (χ0) is 29.0. The fraction of sp³-hybridized carbons (Fsp3) is 0.276. The van der Waals surface area contributed by atoms with E-state index in [0.29, 0.717) is 16.4 Å². The molecule has 2 atom stereocenters. The number of thioether (sulfide) groups is 2. The smallest absolute Gasteiger partial charge is 0.408 e. The quantitative estimate of drug-likeness (QED) is 0.216. The minimum atomic E-state index is -0.827. The third-order valence-corrected chi connectivity index (χ3v) is 8.16. The molecule has 0 radical (unpaired) electrons. The second-order valence-electron chi connectivity index (χ2n) is 10.2. The third kappa shape index (κ3) is 6.66. The highest BCUT2D eigenvalue weighted by Crippen LogP contribution is 2.42. The van der Waals surface area contributed by atoms with Crippen LogP contribution in [0.2, 0.25) is 0 Å². The number of aromatic nitrogens is 3. The number of amides is 2.